The Kier molecular flexibility index (Phi) is 2.57. The zero-order chi connectivity index (χ0) is 11.8. The van der Waals surface area contributed by atoms with E-state index < -0.39 is 0 Å². The Bertz CT molecular complexity index is 566. The molecule has 2 heterocycles. The molecule has 2 N–H and O–H groups in total. The first kappa shape index (κ1) is 10.7. The van der Waals surface area contributed by atoms with E-state index in [4.69, 9.17) is 5.73 Å². The summed E-state index contributed by atoms with van der Waals surface area (Å²) < 4.78 is 1.11. The highest BCUT2D eigenvalue weighted by molar-refractivity contribution is 7.16. The topological polar surface area (TPSA) is 59.2 Å². The third-order valence-electron chi connectivity index (χ3n) is 3.11. The van der Waals surface area contributed by atoms with Gasteiger partial charge in [-0.2, -0.15) is 0 Å². The average molecular weight is 247 g/mol. The van der Waals surface area contributed by atoms with Crippen LogP contribution >= 0.6 is 11.3 Å². The van der Waals surface area contributed by atoms with E-state index in [0.717, 1.165) is 35.3 Å². The minimum atomic E-state index is -0.346. The second-order valence-corrected chi connectivity index (χ2v) is 5.13. The van der Waals surface area contributed by atoms with Gasteiger partial charge in [0.05, 0.1) is 21.8 Å². The Morgan fingerprint density at radius 1 is 1.47 bits per heavy atom. The van der Waals surface area contributed by atoms with Crippen molar-refractivity contribution in [2.45, 2.75) is 18.9 Å². The van der Waals surface area contributed by atoms with Gasteiger partial charge in [-0.05, 0) is 31.0 Å². The Balaban J connectivity index is 1.99. The highest BCUT2D eigenvalue weighted by Gasteiger charge is 2.26. The molecule has 1 aromatic heterocycles. The van der Waals surface area contributed by atoms with Crippen LogP contribution in [0.4, 0.5) is 5.69 Å². The van der Waals surface area contributed by atoms with Gasteiger partial charge in [0.2, 0.25) is 5.91 Å². The molecule has 4 nitrogen and oxygen atoms in total. The van der Waals surface area contributed by atoms with Crippen molar-refractivity contribution in [2.24, 2.45) is 5.73 Å². The maximum atomic E-state index is 12.0. The molecule has 1 aliphatic heterocycles. The van der Waals surface area contributed by atoms with Crippen molar-refractivity contribution in [3.63, 3.8) is 0 Å². The second kappa shape index (κ2) is 4.09. The normalized spacial score (nSPS) is 21.1. The Morgan fingerprint density at radius 2 is 2.35 bits per heavy atom. The molecule has 0 spiro atoms. The fourth-order valence-electron chi connectivity index (χ4n) is 2.17. The molecule has 1 aromatic carbocycles. The summed E-state index contributed by atoms with van der Waals surface area (Å²) in [6.07, 6.45) is 1.76. The molecule has 1 aliphatic rings. The number of hydrogen-bond donors (Lipinski definition) is 1. The van der Waals surface area contributed by atoms with Gasteiger partial charge >= 0.3 is 0 Å². The van der Waals surface area contributed by atoms with Crippen LogP contribution < -0.4 is 10.6 Å². The van der Waals surface area contributed by atoms with Crippen LogP contribution in [0.5, 0.6) is 0 Å². The molecule has 3 rings (SSSR count). The number of amides is 1. The SMILES string of the molecule is NC1CCCN(c2ccc3ncsc3c2)C1=O. The number of carbonyl (C=O) groups excluding carboxylic acids is 1. The molecular weight excluding hydrogens is 234 g/mol. The molecule has 17 heavy (non-hydrogen) atoms. The van der Waals surface area contributed by atoms with Crippen LogP contribution in [0.15, 0.2) is 23.7 Å². The fraction of sp³-hybridized carbons (Fsp3) is 0.333. The summed E-state index contributed by atoms with van der Waals surface area (Å²) in [7, 11) is 0. The number of fused-ring (bicyclic) bond motifs is 1. The minimum Gasteiger partial charge on any atom is -0.320 e. The lowest BCUT2D eigenvalue weighted by molar-refractivity contribution is -0.120. The van der Waals surface area contributed by atoms with Crippen LogP contribution in [0, 0.1) is 0 Å². The van der Waals surface area contributed by atoms with E-state index in [1.807, 2.05) is 23.7 Å². The molecule has 88 valence electrons. The first-order valence-corrected chi connectivity index (χ1v) is 6.54. The Labute approximate surface area is 103 Å². The van der Waals surface area contributed by atoms with Crippen molar-refractivity contribution >= 4 is 33.1 Å². The van der Waals surface area contributed by atoms with Crippen LogP contribution in [0.3, 0.4) is 0 Å². The Morgan fingerprint density at radius 3 is 3.24 bits per heavy atom. The second-order valence-electron chi connectivity index (χ2n) is 4.24. The molecule has 1 amide bonds. The molecule has 2 aromatic rings. The Hall–Kier alpha value is -1.46. The maximum absolute atomic E-state index is 12.0. The van der Waals surface area contributed by atoms with Crippen molar-refractivity contribution in [3.05, 3.63) is 23.7 Å². The molecule has 5 heteroatoms. The van der Waals surface area contributed by atoms with Gasteiger partial charge < -0.3 is 10.6 Å². The van der Waals surface area contributed by atoms with Gasteiger partial charge in [-0.15, -0.1) is 11.3 Å². The summed E-state index contributed by atoms with van der Waals surface area (Å²) in [5.41, 5.74) is 9.53. The number of nitrogens with zero attached hydrogens (tertiary/aromatic N) is 2. The standard InChI is InChI=1S/C12H13N3OS/c13-9-2-1-5-15(12(9)16)8-3-4-10-11(6-8)17-7-14-10/h3-4,6-7,9H,1-2,5,13H2. The van der Waals surface area contributed by atoms with Gasteiger partial charge in [0.15, 0.2) is 0 Å². The van der Waals surface area contributed by atoms with E-state index >= 15 is 0 Å². The number of carbonyl (C=O) groups is 1. The number of nitrogens with two attached hydrogens (primary N) is 1. The number of aromatic nitrogens is 1. The van der Waals surface area contributed by atoms with Gasteiger partial charge in [-0.25, -0.2) is 4.98 Å². The lowest BCUT2D eigenvalue weighted by atomic mass is 10.0. The number of piperidine rings is 1. The molecule has 0 bridgehead atoms. The highest BCUT2D eigenvalue weighted by Crippen LogP contribution is 2.26. The van der Waals surface area contributed by atoms with Gasteiger partial charge in [-0.3, -0.25) is 4.79 Å². The van der Waals surface area contributed by atoms with Crippen LogP contribution in [0.2, 0.25) is 0 Å². The van der Waals surface area contributed by atoms with Gasteiger partial charge in [0, 0.05) is 12.2 Å². The summed E-state index contributed by atoms with van der Waals surface area (Å²) in [5.74, 6) is 0.0279. The van der Waals surface area contributed by atoms with Crippen molar-refractivity contribution in [2.75, 3.05) is 11.4 Å². The molecule has 1 unspecified atom stereocenters. The molecular formula is C12H13N3OS. The van der Waals surface area contributed by atoms with Gasteiger partial charge in [0.25, 0.3) is 0 Å². The summed E-state index contributed by atoms with van der Waals surface area (Å²) in [6.45, 7) is 0.761. The molecule has 0 saturated carbocycles. The summed E-state index contributed by atoms with van der Waals surface area (Å²) in [4.78, 5) is 18.0. The number of thiazole rings is 1. The van der Waals surface area contributed by atoms with E-state index in [-0.39, 0.29) is 11.9 Å². The molecule has 1 fully saturated rings. The van der Waals surface area contributed by atoms with E-state index in [2.05, 4.69) is 4.98 Å². The van der Waals surface area contributed by atoms with Crippen molar-refractivity contribution in [3.8, 4) is 0 Å². The van der Waals surface area contributed by atoms with E-state index in [1.54, 1.807) is 16.2 Å². The predicted molar refractivity (Wildman–Crippen MR) is 69.2 cm³/mol. The molecule has 0 aliphatic carbocycles. The smallest absolute Gasteiger partial charge is 0.243 e. The third kappa shape index (κ3) is 1.81. The summed E-state index contributed by atoms with van der Waals surface area (Å²) >= 11 is 1.59. The van der Waals surface area contributed by atoms with E-state index in [9.17, 15) is 4.79 Å². The number of rotatable bonds is 1. The fourth-order valence-corrected chi connectivity index (χ4v) is 2.88. The average Bonchev–Trinajstić information content (AvgIpc) is 2.79. The van der Waals surface area contributed by atoms with Gasteiger partial charge in [-0.1, -0.05) is 0 Å². The first-order chi connectivity index (χ1) is 8.25. The van der Waals surface area contributed by atoms with Crippen molar-refractivity contribution in [1.82, 2.24) is 4.98 Å². The third-order valence-corrected chi connectivity index (χ3v) is 3.90. The molecule has 0 radical (unpaired) electrons. The highest BCUT2D eigenvalue weighted by atomic mass is 32.1. The molecule has 1 atom stereocenters. The lowest BCUT2D eigenvalue weighted by Crippen LogP contribution is -2.48. The van der Waals surface area contributed by atoms with E-state index in [1.165, 1.54) is 0 Å². The van der Waals surface area contributed by atoms with Crippen molar-refractivity contribution in [1.29, 1.82) is 0 Å². The van der Waals surface area contributed by atoms with Crippen molar-refractivity contribution < 1.29 is 4.79 Å². The largest absolute Gasteiger partial charge is 0.320 e. The van der Waals surface area contributed by atoms with E-state index in [0.29, 0.717) is 0 Å². The van der Waals surface area contributed by atoms with Gasteiger partial charge in [0.1, 0.15) is 0 Å². The maximum Gasteiger partial charge on any atom is 0.243 e. The number of hydrogen-bond acceptors (Lipinski definition) is 4. The monoisotopic (exact) mass is 247 g/mol. The first-order valence-electron chi connectivity index (χ1n) is 5.66. The minimum absolute atomic E-state index is 0.0279. The zero-order valence-corrected chi connectivity index (χ0v) is 10.1. The quantitative estimate of drug-likeness (QED) is 0.835. The lowest BCUT2D eigenvalue weighted by Gasteiger charge is -2.30. The zero-order valence-electron chi connectivity index (χ0n) is 9.30. The summed E-state index contributed by atoms with van der Waals surface area (Å²) in [5, 5.41) is 0. The molecule has 1 saturated heterocycles. The van der Waals surface area contributed by atoms with Crippen LogP contribution in [0.1, 0.15) is 12.8 Å². The predicted octanol–water partition coefficient (Wildman–Crippen LogP) is 1.75. The van der Waals surface area contributed by atoms with Crippen LogP contribution in [-0.4, -0.2) is 23.5 Å². The summed E-state index contributed by atoms with van der Waals surface area (Å²) in [6, 6.07) is 5.57. The number of benzene rings is 1. The van der Waals surface area contributed by atoms with Crippen LogP contribution in [0.25, 0.3) is 10.2 Å². The van der Waals surface area contributed by atoms with Crippen LogP contribution in [-0.2, 0) is 4.79 Å². The number of anilines is 1.